The summed E-state index contributed by atoms with van der Waals surface area (Å²) in [6.45, 7) is 9.89. The van der Waals surface area contributed by atoms with Crippen LogP contribution in [0.2, 0.25) is 0 Å². The van der Waals surface area contributed by atoms with Crippen molar-refractivity contribution >= 4 is 53.0 Å². The fourth-order valence-corrected chi connectivity index (χ4v) is 11.8. The molecule has 2 atom stereocenters. The van der Waals surface area contributed by atoms with E-state index in [1.54, 1.807) is 0 Å². The van der Waals surface area contributed by atoms with E-state index in [0.29, 0.717) is 12.3 Å². The van der Waals surface area contributed by atoms with Crippen molar-refractivity contribution in [1.82, 2.24) is 9.55 Å². The van der Waals surface area contributed by atoms with E-state index in [2.05, 4.69) is 206 Å². The first kappa shape index (κ1) is 35.7. The second-order valence-electron chi connectivity index (χ2n) is 16.9. The van der Waals surface area contributed by atoms with Gasteiger partial charge in [0.25, 0.3) is 0 Å². The Balaban J connectivity index is 0.991. The number of anilines is 4. The van der Waals surface area contributed by atoms with Gasteiger partial charge >= 0.3 is 0 Å². The summed E-state index contributed by atoms with van der Waals surface area (Å²) in [5, 5.41) is 2.82. The number of fused-ring (bicyclic) bond motifs is 1. The van der Waals surface area contributed by atoms with Crippen molar-refractivity contribution in [3.63, 3.8) is 0 Å². The van der Waals surface area contributed by atoms with Crippen LogP contribution >= 0.6 is 7.92 Å². The van der Waals surface area contributed by atoms with Crippen LogP contribution in [0.1, 0.15) is 49.7 Å². The first-order chi connectivity index (χ1) is 28.8. The Morgan fingerprint density at radius 2 is 1.36 bits per heavy atom. The van der Waals surface area contributed by atoms with Crippen molar-refractivity contribution in [2.75, 3.05) is 23.1 Å². The molecule has 0 spiro atoms. The summed E-state index contributed by atoms with van der Waals surface area (Å²) >= 11 is 0. The highest BCUT2D eigenvalue weighted by atomic mass is 31.1. The average molecular weight is 785 g/mol. The number of ether oxygens (including phenoxy) is 1. The van der Waals surface area contributed by atoms with Crippen LogP contribution in [0.5, 0.6) is 11.5 Å². The molecular formula is C53H45N4OP. The number of benzene rings is 6. The maximum Gasteiger partial charge on any atom is 0.137 e. The first-order valence-corrected chi connectivity index (χ1v) is 22.4. The van der Waals surface area contributed by atoms with E-state index in [-0.39, 0.29) is 13.3 Å². The molecule has 0 bridgehead atoms. The summed E-state index contributed by atoms with van der Waals surface area (Å²) in [4.78, 5) is 9.85. The second-order valence-corrected chi connectivity index (χ2v) is 19.2. The lowest BCUT2D eigenvalue weighted by atomic mass is 9.88. The number of pyridine rings is 1. The molecule has 8 aromatic rings. The minimum Gasteiger partial charge on any atom is -0.457 e. The molecule has 0 saturated heterocycles. The van der Waals surface area contributed by atoms with E-state index in [4.69, 9.17) is 9.72 Å². The van der Waals surface area contributed by atoms with Crippen molar-refractivity contribution in [3.05, 3.63) is 181 Å². The molecular weight excluding hydrogens is 740 g/mol. The van der Waals surface area contributed by atoms with Gasteiger partial charge in [0.15, 0.2) is 0 Å². The molecule has 6 aromatic carbocycles. The van der Waals surface area contributed by atoms with E-state index in [1.807, 2.05) is 6.20 Å². The van der Waals surface area contributed by atoms with Crippen LogP contribution in [0.15, 0.2) is 164 Å². The molecule has 0 saturated carbocycles. The van der Waals surface area contributed by atoms with Crippen LogP contribution in [0.25, 0.3) is 45.1 Å². The number of nitrogens with zero attached hydrogens (tertiary/aromatic N) is 4. The summed E-state index contributed by atoms with van der Waals surface area (Å²) in [6.07, 6.45) is 7.72. The lowest BCUT2D eigenvalue weighted by molar-refractivity contribution is 0.484. The molecule has 6 heteroatoms. The number of aromatic nitrogens is 2. The molecule has 3 aliphatic rings. The molecule has 0 fully saturated rings. The van der Waals surface area contributed by atoms with E-state index >= 15 is 0 Å². The molecule has 2 aromatic heterocycles. The molecule has 2 unspecified atom stereocenters. The van der Waals surface area contributed by atoms with Gasteiger partial charge in [-0.15, -0.1) is 0 Å². The van der Waals surface area contributed by atoms with Crippen LogP contribution in [0.4, 0.5) is 22.7 Å². The average Bonchev–Trinajstić information content (AvgIpc) is 3.92. The van der Waals surface area contributed by atoms with E-state index in [0.717, 1.165) is 35.1 Å². The van der Waals surface area contributed by atoms with E-state index in [9.17, 15) is 0 Å². The van der Waals surface area contributed by atoms with Crippen molar-refractivity contribution in [1.29, 1.82) is 0 Å². The van der Waals surface area contributed by atoms with Crippen molar-refractivity contribution in [2.24, 2.45) is 0 Å². The van der Waals surface area contributed by atoms with Gasteiger partial charge in [-0.2, -0.15) is 0 Å². The molecule has 11 rings (SSSR count). The maximum absolute atomic E-state index is 6.94. The minimum absolute atomic E-state index is 0.0146. The lowest BCUT2D eigenvalue weighted by Crippen LogP contribution is -2.24. The standard InChI is InChI=1S/C53H45N4OP/c1-53(2,3)37-28-29-54-49(30-37)57-45-26-15-27-47-50(45)51-46(57)32-40(33-48(51)59(47)4)58-39-21-13-20-38(31-39)55-34-56(44-25-12-11-24-43(44)55)52-41(35-16-7-5-8-17-35)22-14-23-42(52)36-18-9-6-10-19-36/h5-26,28-33,47H,27,34H2,1-4H3. The van der Waals surface area contributed by atoms with Crippen molar-refractivity contribution in [3.8, 4) is 39.6 Å². The highest BCUT2D eigenvalue weighted by molar-refractivity contribution is 7.66. The molecule has 4 heterocycles. The van der Waals surface area contributed by atoms with Gasteiger partial charge in [-0.1, -0.05) is 132 Å². The molecule has 0 N–H and O–H groups in total. The molecule has 59 heavy (non-hydrogen) atoms. The van der Waals surface area contributed by atoms with Crippen LogP contribution in [0.3, 0.4) is 0 Å². The van der Waals surface area contributed by atoms with Gasteiger partial charge in [-0.25, -0.2) is 4.98 Å². The largest absolute Gasteiger partial charge is 0.457 e. The Morgan fingerprint density at radius 3 is 2.07 bits per heavy atom. The molecule has 0 amide bonds. The Kier molecular flexibility index (Phi) is 8.39. The number of hydrogen-bond donors (Lipinski definition) is 0. The van der Waals surface area contributed by atoms with Gasteiger partial charge < -0.3 is 14.5 Å². The zero-order valence-corrected chi connectivity index (χ0v) is 34.7. The third-order valence-electron chi connectivity index (χ3n) is 12.3. The molecule has 5 nitrogen and oxygen atoms in total. The fourth-order valence-electron chi connectivity index (χ4n) is 9.47. The second kappa shape index (κ2) is 13.9. The van der Waals surface area contributed by atoms with Gasteiger partial charge in [0.2, 0.25) is 0 Å². The third-order valence-corrected chi connectivity index (χ3v) is 14.9. The molecule has 2 aliphatic heterocycles. The third kappa shape index (κ3) is 5.90. The Morgan fingerprint density at radius 1 is 0.678 bits per heavy atom. The number of hydrogen-bond acceptors (Lipinski definition) is 4. The van der Waals surface area contributed by atoms with Crippen LogP contribution < -0.4 is 19.8 Å². The predicted octanol–water partition coefficient (Wildman–Crippen LogP) is 13.9. The van der Waals surface area contributed by atoms with Crippen molar-refractivity contribution < 1.29 is 4.74 Å². The Hall–Kier alpha value is -6.42. The highest BCUT2D eigenvalue weighted by Gasteiger charge is 2.38. The van der Waals surface area contributed by atoms with Crippen LogP contribution in [0, 0.1) is 0 Å². The number of para-hydroxylation sites is 3. The van der Waals surface area contributed by atoms with Gasteiger partial charge in [-0.05, 0) is 94.6 Å². The highest BCUT2D eigenvalue weighted by Crippen LogP contribution is 2.61. The number of allylic oxidation sites excluding steroid dienone is 1. The van der Waals surface area contributed by atoms with Crippen LogP contribution in [-0.2, 0) is 5.41 Å². The van der Waals surface area contributed by atoms with Crippen LogP contribution in [-0.4, -0.2) is 22.9 Å². The Labute approximate surface area is 347 Å². The van der Waals surface area contributed by atoms with Gasteiger partial charge in [0.05, 0.1) is 28.3 Å². The fraction of sp³-hybridized carbons (Fsp3) is 0.151. The SMILES string of the molecule is CP1c2cc(Oc3cccc(N4CN(c5c(-c6ccccc6)cccc5-c5ccccc5)c5ccccc54)c3)cc3c2c2c(n3-c3cc(C(C)(C)C)ccn3)C=CCC21. The van der Waals surface area contributed by atoms with Crippen molar-refractivity contribution in [2.45, 2.75) is 38.3 Å². The summed E-state index contributed by atoms with van der Waals surface area (Å²) in [5.74, 6) is 2.64. The molecule has 0 radical (unpaired) electrons. The van der Waals surface area contributed by atoms with Gasteiger partial charge in [0, 0.05) is 46.2 Å². The first-order valence-electron chi connectivity index (χ1n) is 20.6. The minimum atomic E-state index is -0.387. The van der Waals surface area contributed by atoms with E-state index in [1.165, 1.54) is 66.7 Å². The summed E-state index contributed by atoms with van der Waals surface area (Å²) in [7, 11) is -0.387. The normalized spacial score (nSPS) is 16.5. The predicted molar refractivity (Wildman–Crippen MR) is 248 cm³/mol. The monoisotopic (exact) mass is 784 g/mol. The maximum atomic E-state index is 6.94. The molecule has 1 aliphatic carbocycles. The lowest BCUT2D eigenvalue weighted by Gasteiger charge is -2.27. The summed E-state index contributed by atoms with van der Waals surface area (Å²) in [6, 6.07) is 54.5. The topological polar surface area (TPSA) is 33.5 Å². The zero-order chi connectivity index (χ0) is 39.8. The quantitative estimate of drug-likeness (QED) is 0.151. The smallest absolute Gasteiger partial charge is 0.137 e. The van der Waals surface area contributed by atoms with E-state index < -0.39 is 0 Å². The number of rotatable bonds is 7. The molecule has 288 valence electrons. The zero-order valence-electron chi connectivity index (χ0n) is 33.8. The summed E-state index contributed by atoms with van der Waals surface area (Å²) < 4.78 is 9.32. The van der Waals surface area contributed by atoms with Gasteiger partial charge in [-0.3, -0.25) is 4.57 Å². The Bertz CT molecular complexity index is 2890. The summed E-state index contributed by atoms with van der Waals surface area (Å²) in [5.41, 5.74) is 15.1. The van der Waals surface area contributed by atoms with Gasteiger partial charge in [0.1, 0.15) is 24.0 Å².